The lowest BCUT2D eigenvalue weighted by molar-refractivity contribution is -0.133. The Morgan fingerprint density at radius 2 is 2.04 bits per heavy atom. The second-order valence-corrected chi connectivity index (χ2v) is 5.90. The largest absolute Gasteiger partial charge is 0.328 e. The third-order valence-corrected chi connectivity index (χ3v) is 3.89. The highest BCUT2D eigenvalue weighted by molar-refractivity contribution is 6.06. The van der Waals surface area contributed by atoms with Crippen LogP contribution in [0.1, 0.15) is 13.8 Å². The number of carbonyl (C=O) groups excluding carboxylic acids is 2. The average molecular weight is 309 g/mol. The van der Waals surface area contributed by atoms with E-state index in [1.807, 2.05) is 38.1 Å². The molecule has 0 aliphatic carbocycles. The van der Waals surface area contributed by atoms with E-state index in [1.54, 1.807) is 28.3 Å². The molecule has 1 aromatic heterocycles. The van der Waals surface area contributed by atoms with Crippen molar-refractivity contribution in [2.45, 2.75) is 13.8 Å². The smallest absolute Gasteiger partial charge is 0.247 e. The molecule has 23 heavy (non-hydrogen) atoms. The normalized spacial score (nSPS) is 15.0. The van der Waals surface area contributed by atoms with Crippen LogP contribution in [0.15, 0.2) is 48.3 Å². The summed E-state index contributed by atoms with van der Waals surface area (Å²) in [5, 5.41) is 2.00. The van der Waals surface area contributed by atoms with Crippen molar-refractivity contribution in [3.05, 3.63) is 48.3 Å². The molecule has 3 rings (SSSR count). The maximum Gasteiger partial charge on any atom is 0.247 e. The van der Waals surface area contributed by atoms with Crippen molar-refractivity contribution >= 4 is 28.3 Å². The fourth-order valence-electron chi connectivity index (χ4n) is 2.80. The van der Waals surface area contributed by atoms with Crippen molar-refractivity contribution in [3.63, 3.8) is 0 Å². The Labute approximate surface area is 135 Å². The third-order valence-electron chi connectivity index (χ3n) is 3.89. The molecule has 1 aromatic carbocycles. The minimum Gasteiger partial charge on any atom is -0.328 e. The Morgan fingerprint density at radius 3 is 2.78 bits per heavy atom. The summed E-state index contributed by atoms with van der Waals surface area (Å²) in [5.41, 5.74) is 1.82. The van der Waals surface area contributed by atoms with Crippen LogP contribution in [0.5, 0.6) is 0 Å². The molecule has 0 unspecified atom stereocenters. The van der Waals surface area contributed by atoms with Gasteiger partial charge in [-0.25, -0.2) is 0 Å². The van der Waals surface area contributed by atoms with E-state index in [1.165, 1.54) is 0 Å². The van der Waals surface area contributed by atoms with Gasteiger partial charge in [-0.3, -0.25) is 14.6 Å². The summed E-state index contributed by atoms with van der Waals surface area (Å²) in [4.78, 5) is 32.1. The number of anilines is 1. The Bertz CT molecular complexity index is 788. The number of rotatable bonds is 2. The van der Waals surface area contributed by atoms with Crippen LogP contribution in [0.2, 0.25) is 0 Å². The highest BCUT2D eigenvalue weighted by Crippen LogP contribution is 2.27. The summed E-state index contributed by atoms with van der Waals surface area (Å²) < 4.78 is 0. The molecule has 1 saturated heterocycles. The number of fused-ring (bicyclic) bond motifs is 1. The number of aromatic nitrogens is 1. The molecule has 0 bridgehead atoms. The molecule has 0 spiro atoms. The van der Waals surface area contributed by atoms with Gasteiger partial charge in [-0.2, -0.15) is 0 Å². The first-order valence-corrected chi connectivity index (χ1v) is 7.63. The Hall–Kier alpha value is -2.69. The molecular weight excluding hydrogens is 290 g/mol. The summed E-state index contributed by atoms with van der Waals surface area (Å²) in [5.74, 6) is -0.156. The van der Waals surface area contributed by atoms with E-state index < -0.39 is 0 Å². The maximum atomic E-state index is 12.5. The van der Waals surface area contributed by atoms with Crippen LogP contribution in [0.25, 0.3) is 10.8 Å². The molecule has 1 aliphatic rings. The summed E-state index contributed by atoms with van der Waals surface area (Å²) in [7, 11) is 0. The van der Waals surface area contributed by atoms with Gasteiger partial charge in [0.2, 0.25) is 11.8 Å². The first-order chi connectivity index (χ1) is 11.1. The zero-order valence-corrected chi connectivity index (χ0v) is 13.3. The second kappa shape index (κ2) is 6.20. The molecule has 2 heterocycles. The predicted octanol–water partition coefficient (Wildman–Crippen LogP) is 2.38. The topological polar surface area (TPSA) is 53.5 Å². The van der Waals surface area contributed by atoms with Gasteiger partial charge in [0.25, 0.3) is 0 Å². The highest BCUT2D eigenvalue weighted by atomic mass is 16.2. The molecule has 2 amide bonds. The number of piperazine rings is 1. The summed E-state index contributed by atoms with van der Waals surface area (Å²) in [6.45, 7) is 4.91. The number of benzene rings is 1. The molecule has 0 N–H and O–H groups in total. The van der Waals surface area contributed by atoms with Crippen molar-refractivity contribution in [1.29, 1.82) is 0 Å². The first-order valence-electron chi connectivity index (χ1n) is 7.63. The van der Waals surface area contributed by atoms with Gasteiger partial charge in [0.05, 0.1) is 5.69 Å². The van der Waals surface area contributed by atoms with Crippen LogP contribution in [0.3, 0.4) is 0 Å². The van der Waals surface area contributed by atoms with Gasteiger partial charge in [0.1, 0.15) is 6.54 Å². The Morgan fingerprint density at radius 1 is 1.22 bits per heavy atom. The Kier molecular flexibility index (Phi) is 4.10. The molecule has 0 radical (unpaired) electrons. The fourth-order valence-corrected chi connectivity index (χ4v) is 2.80. The summed E-state index contributed by atoms with van der Waals surface area (Å²) >= 11 is 0. The van der Waals surface area contributed by atoms with E-state index in [2.05, 4.69) is 4.98 Å². The highest BCUT2D eigenvalue weighted by Gasteiger charge is 2.27. The monoisotopic (exact) mass is 309 g/mol. The van der Waals surface area contributed by atoms with Gasteiger partial charge >= 0.3 is 0 Å². The molecule has 0 atom stereocenters. The lowest BCUT2D eigenvalue weighted by Gasteiger charge is -2.34. The minimum absolute atomic E-state index is 0.0592. The van der Waals surface area contributed by atoms with Gasteiger partial charge in [-0.1, -0.05) is 17.7 Å². The molecule has 0 saturated carbocycles. The number of carbonyl (C=O) groups is 2. The van der Waals surface area contributed by atoms with Crippen molar-refractivity contribution < 1.29 is 9.59 Å². The van der Waals surface area contributed by atoms with Crippen LogP contribution in [-0.4, -0.2) is 41.3 Å². The van der Waals surface area contributed by atoms with Crippen LogP contribution >= 0.6 is 0 Å². The van der Waals surface area contributed by atoms with E-state index >= 15 is 0 Å². The Balaban J connectivity index is 1.85. The van der Waals surface area contributed by atoms with E-state index in [0.29, 0.717) is 13.1 Å². The zero-order chi connectivity index (χ0) is 16.4. The zero-order valence-electron chi connectivity index (χ0n) is 13.3. The molecular formula is C18H19N3O2. The SMILES string of the molecule is CC(C)=CC(=O)N1CCN(c2cccc3cnccc23)C(=O)C1. The maximum absolute atomic E-state index is 12.5. The van der Waals surface area contributed by atoms with Crippen LogP contribution in [0, 0.1) is 0 Å². The minimum atomic E-state index is -0.0971. The van der Waals surface area contributed by atoms with E-state index in [9.17, 15) is 9.59 Å². The number of hydrogen-bond donors (Lipinski definition) is 0. The molecule has 5 heteroatoms. The standard InChI is InChI=1S/C18H19N3O2/c1-13(2)10-17(22)20-8-9-21(18(23)12-20)16-5-3-4-14-11-19-7-6-15(14)16/h3-7,10-11H,8-9,12H2,1-2H3. The number of amides is 2. The molecule has 1 aliphatic heterocycles. The van der Waals surface area contributed by atoms with Gasteiger partial charge in [0.15, 0.2) is 0 Å². The average Bonchev–Trinajstić information content (AvgIpc) is 2.54. The van der Waals surface area contributed by atoms with E-state index in [-0.39, 0.29) is 18.4 Å². The fraction of sp³-hybridized carbons (Fsp3) is 0.278. The van der Waals surface area contributed by atoms with E-state index in [0.717, 1.165) is 22.0 Å². The number of pyridine rings is 1. The first kappa shape index (κ1) is 15.2. The van der Waals surface area contributed by atoms with Gasteiger partial charge in [-0.15, -0.1) is 0 Å². The number of hydrogen-bond acceptors (Lipinski definition) is 3. The number of nitrogens with zero attached hydrogens (tertiary/aromatic N) is 3. The third kappa shape index (κ3) is 3.08. The lowest BCUT2D eigenvalue weighted by atomic mass is 10.1. The van der Waals surface area contributed by atoms with Crippen molar-refractivity contribution in [3.8, 4) is 0 Å². The second-order valence-electron chi connectivity index (χ2n) is 5.90. The summed E-state index contributed by atoms with van der Waals surface area (Å²) in [6.07, 6.45) is 5.09. The van der Waals surface area contributed by atoms with Crippen LogP contribution in [-0.2, 0) is 9.59 Å². The number of allylic oxidation sites excluding steroid dienone is 1. The van der Waals surface area contributed by atoms with Gasteiger partial charge in [-0.05, 0) is 26.0 Å². The van der Waals surface area contributed by atoms with E-state index in [4.69, 9.17) is 0 Å². The molecule has 118 valence electrons. The van der Waals surface area contributed by atoms with Crippen LogP contribution in [0.4, 0.5) is 5.69 Å². The van der Waals surface area contributed by atoms with Crippen molar-refractivity contribution in [2.24, 2.45) is 0 Å². The quantitative estimate of drug-likeness (QED) is 0.800. The predicted molar refractivity (Wildman–Crippen MR) is 90.1 cm³/mol. The molecule has 1 fully saturated rings. The summed E-state index contributed by atoms with van der Waals surface area (Å²) in [6, 6.07) is 7.75. The van der Waals surface area contributed by atoms with Crippen molar-refractivity contribution in [1.82, 2.24) is 9.88 Å². The lowest BCUT2D eigenvalue weighted by Crippen LogP contribution is -2.52. The molecule has 2 aromatic rings. The van der Waals surface area contributed by atoms with Gasteiger partial charge in [0, 0.05) is 42.3 Å². The van der Waals surface area contributed by atoms with Gasteiger partial charge < -0.3 is 9.80 Å². The van der Waals surface area contributed by atoms with Crippen molar-refractivity contribution in [2.75, 3.05) is 24.5 Å². The van der Waals surface area contributed by atoms with Crippen LogP contribution < -0.4 is 4.90 Å². The molecule has 5 nitrogen and oxygen atoms in total.